The van der Waals surface area contributed by atoms with Gasteiger partial charge >= 0.3 is 28.6 Å². The topological polar surface area (TPSA) is 55.3 Å². The molecule has 9 heteroatoms. The van der Waals surface area contributed by atoms with E-state index < -0.39 is 0 Å². The largest absolute Gasteiger partial charge is 2.00 e. The van der Waals surface area contributed by atoms with Crippen molar-refractivity contribution in [1.82, 2.24) is 24.3 Å². The van der Waals surface area contributed by atoms with Gasteiger partial charge in [-0.2, -0.15) is 35.1 Å². The minimum absolute atomic E-state index is 0. The number of hydrogen-bond acceptors (Lipinski definition) is 5. The van der Waals surface area contributed by atoms with E-state index in [1.807, 2.05) is 123 Å². The van der Waals surface area contributed by atoms with Gasteiger partial charge in [-0.1, -0.05) is 29.3 Å². The van der Waals surface area contributed by atoms with Crippen LogP contribution in [0.3, 0.4) is 0 Å². The molecule has 0 fully saturated rings. The van der Waals surface area contributed by atoms with Gasteiger partial charge in [0.25, 0.3) is 0 Å². The van der Waals surface area contributed by atoms with Crippen LogP contribution in [0, 0.1) is 40.4 Å². The minimum Gasteiger partial charge on any atom is -0.514 e. The minimum atomic E-state index is 0. The van der Waals surface area contributed by atoms with Crippen molar-refractivity contribution in [2.24, 2.45) is 0 Å². The molecule has 0 spiro atoms. The van der Waals surface area contributed by atoms with E-state index in [1.54, 1.807) is 0 Å². The van der Waals surface area contributed by atoms with E-state index in [4.69, 9.17) is 4.42 Å². The van der Waals surface area contributed by atoms with Crippen molar-refractivity contribution in [3.05, 3.63) is 96.4 Å². The Balaban J connectivity index is 0.000000165. The maximum Gasteiger partial charge on any atom is 2.00 e. The molecule has 2 aromatic carbocycles. The Kier molecular flexibility index (Phi) is 7.22. The van der Waals surface area contributed by atoms with Crippen molar-refractivity contribution < 1.29 is 25.5 Å². The van der Waals surface area contributed by atoms with Gasteiger partial charge in [-0.25, -0.2) is 0 Å². The molecule has 1 aliphatic rings. The standard InChI is InChI=1S/C16H12N2O.C10H14BN4.Pt/c1-17-9-10-18(11-17)14-7-4-6-13-12-5-2-3-8-15(12)19-16(13)14;1-7-5-9(3)14(12-7)11-15-10(4)6-8(2)13-15;/h2-6,8-11H,1H3;5-6H,1-4H3;/q-2;;+2. The Morgan fingerprint density at radius 2 is 1.54 bits per heavy atom. The van der Waals surface area contributed by atoms with Gasteiger partial charge in [0.15, 0.2) is 0 Å². The maximum absolute atomic E-state index is 5.99. The zero-order valence-electron chi connectivity index (χ0n) is 20.3. The fraction of sp³-hybridized carbons (Fsp3) is 0.192. The van der Waals surface area contributed by atoms with Crippen molar-refractivity contribution in [3.8, 4) is 0 Å². The number of fused-ring (bicyclic) bond motifs is 3. The van der Waals surface area contributed by atoms with Gasteiger partial charge in [0.2, 0.25) is 0 Å². The van der Waals surface area contributed by atoms with Gasteiger partial charge in [0.1, 0.15) is 5.58 Å². The van der Waals surface area contributed by atoms with Crippen LogP contribution in [0.15, 0.2) is 65.3 Å². The average Bonchev–Trinajstić information content (AvgIpc) is 3.55. The number of aryl methyl sites for hydroxylation is 4. The summed E-state index contributed by atoms with van der Waals surface area (Å²) in [5.41, 5.74) is 6.99. The summed E-state index contributed by atoms with van der Waals surface area (Å²) in [7, 11) is 3.89. The quantitative estimate of drug-likeness (QED) is 0.205. The van der Waals surface area contributed by atoms with E-state index in [0.717, 1.165) is 50.4 Å². The second kappa shape index (κ2) is 10.2. The Morgan fingerprint density at radius 1 is 0.886 bits per heavy atom. The Morgan fingerprint density at radius 3 is 2.11 bits per heavy atom. The van der Waals surface area contributed by atoms with E-state index in [1.165, 1.54) is 0 Å². The molecular weight excluding hydrogens is 618 g/mol. The predicted molar refractivity (Wildman–Crippen MR) is 136 cm³/mol. The van der Waals surface area contributed by atoms with Crippen LogP contribution in [0.5, 0.6) is 0 Å². The number of anilines is 1. The zero-order valence-corrected chi connectivity index (χ0v) is 22.6. The Hall–Kier alpha value is -3.25. The van der Waals surface area contributed by atoms with Crippen molar-refractivity contribution in [3.63, 3.8) is 0 Å². The molecule has 0 unspecified atom stereocenters. The zero-order chi connectivity index (χ0) is 23.8. The van der Waals surface area contributed by atoms with E-state index in [-0.39, 0.29) is 21.1 Å². The third-order valence-corrected chi connectivity index (χ3v) is 5.65. The number of nitrogens with zero attached hydrogens (tertiary/aromatic N) is 6. The molecule has 0 amide bonds. The molecule has 7 nitrogen and oxygen atoms in total. The summed E-state index contributed by atoms with van der Waals surface area (Å²) in [6.45, 7) is 10.0. The summed E-state index contributed by atoms with van der Waals surface area (Å²) in [5, 5.41) is 11.0. The molecule has 4 heterocycles. The van der Waals surface area contributed by atoms with Gasteiger partial charge in [-0.3, -0.25) is 9.19 Å². The Labute approximate surface area is 220 Å². The van der Waals surface area contributed by atoms with E-state index >= 15 is 0 Å². The van der Waals surface area contributed by atoms with E-state index in [2.05, 4.69) is 22.3 Å². The van der Waals surface area contributed by atoms with Crippen molar-refractivity contribution >= 4 is 35.2 Å². The summed E-state index contributed by atoms with van der Waals surface area (Å²) in [5.74, 6) is 0. The average molecular weight is 644 g/mol. The number of para-hydroxylation sites is 1. The van der Waals surface area contributed by atoms with Gasteiger partial charge < -0.3 is 14.2 Å². The summed E-state index contributed by atoms with van der Waals surface area (Å²) in [6, 6.07) is 19.4. The number of benzene rings is 2. The molecule has 179 valence electrons. The van der Waals surface area contributed by atoms with E-state index in [9.17, 15) is 0 Å². The van der Waals surface area contributed by atoms with Crippen LogP contribution in [-0.2, 0) is 21.1 Å². The molecule has 5 aromatic rings. The fourth-order valence-corrected chi connectivity index (χ4v) is 4.08. The van der Waals surface area contributed by atoms with Crippen molar-refractivity contribution in [2.45, 2.75) is 27.7 Å². The van der Waals surface area contributed by atoms with Crippen molar-refractivity contribution in [2.75, 3.05) is 11.9 Å². The molecule has 1 aliphatic heterocycles. The van der Waals surface area contributed by atoms with Crippen LogP contribution in [0.1, 0.15) is 22.8 Å². The number of hydrogen-bond donors (Lipinski definition) is 0. The SMILES string of the molecule is CN1C=CN(c2[c-]ccc3c2oc2ccccc23)[CH-]1.Cc1cc(C)n([B]n2nc(C)cc2C)n1.[Pt+2]. The fourth-order valence-electron chi connectivity index (χ4n) is 4.08. The summed E-state index contributed by atoms with van der Waals surface area (Å²) < 4.78 is 9.67. The van der Waals surface area contributed by atoms with Gasteiger partial charge in [0, 0.05) is 22.4 Å². The smallest absolute Gasteiger partial charge is 0.514 e. The monoisotopic (exact) mass is 644 g/mol. The van der Waals surface area contributed by atoms with Crippen LogP contribution in [0.25, 0.3) is 21.9 Å². The first-order chi connectivity index (χ1) is 16.4. The van der Waals surface area contributed by atoms with Crippen LogP contribution in [0.4, 0.5) is 5.69 Å². The second-order valence-electron chi connectivity index (χ2n) is 8.51. The second-order valence-corrected chi connectivity index (χ2v) is 8.51. The molecule has 3 aromatic heterocycles. The van der Waals surface area contributed by atoms with Gasteiger partial charge in [-0.05, 0) is 65.3 Å². The van der Waals surface area contributed by atoms with Crippen LogP contribution in [-0.4, -0.2) is 38.9 Å². The first-order valence-corrected chi connectivity index (χ1v) is 11.1. The molecule has 1 radical (unpaired) electrons. The predicted octanol–water partition coefficient (Wildman–Crippen LogP) is 4.97. The Bertz CT molecular complexity index is 1460. The van der Waals surface area contributed by atoms with Gasteiger partial charge in [-0.15, -0.1) is 0 Å². The number of furan rings is 1. The molecule has 35 heavy (non-hydrogen) atoms. The first-order valence-electron chi connectivity index (χ1n) is 11.1. The molecule has 0 saturated heterocycles. The van der Waals surface area contributed by atoms with Crippen LogP contribution in [0.2, 0.25) is 0 Å². The molecular formula is C26H26BN6OPt. The van der Waals surface area contributed by atoms with Crippen LogP contribution >= 0.6 is 0 Å². The van der Waals surface area contributed by atoms with Crippen LogP contribution < -0.4 is 4.90 Å². The molecule has 6 rings (SSSR count). The molecule has 0 N–H and O–H groups in total. The third-order valence-electron chi connectivity index (χ3n) is 5.65. The van der Waals surface area contributed by atoms with Crippen molar-refractivity contribution in [1.29, 1.82) is 0 Å². The third kappa shape index (κ3) is 5.08. The maximum atomic E-state index is 5.99. The summed E-state index contributed by atoms with van der Waals surface area (Å²) in [4.78, 5) is 4.01. The molecule has 0 aliphatic carbocycles. The number of aromatic nitrogens is 4. The molecule has 0 bridgehead atoms. The molecule has 0 atom stereocenters. The summed E-state index contributed by atoms with van der Waals surface area (Å²) >= 11 is 0. The van der Waals surface area contributed by atoms with E-state index in [0.29, 0.717) is 0 Å². The first kappa shape index (κ1) is 24.9. The van der Waals surface area contributed by atoms with Gasteiger partial charge in [0.05, 0.1) is 11.4 Å². The number of rotatable bonds is 3. The summed E-state index contributed by atoms with van der Waals surface area (Å²) in [6.07, 6.45) is 3.99. The normalized spacial score (nSPS) is 12.7. The molecule has 0 saturated carbocycles.